The molecule has 6 aliphatic rings. The van der Waals surface area contributed by atoms with Gasteiger partial charge < -0.3 is 24.4 Å². The number of aliphatic hydroxyl groups is 1. The van der Waals surface area contributed by atoms with Gasteiger partial charge in [0.1, 0.15) is 11.7 Å². The zero-order valence-electron chi connectivity index (χ0n) is 18.0. The molecule has 1 aromatic carbocycles. The molecule has 1 amide bonds. The topological polar surface area (TPSA) is 62.2 Å². The van der Waals surface area contributed by atoms with Crippen molar-refractivity contribution in [3.8, 4) is 11.5 Å². The van der Waals surface area contributed by atoms with Crippen molar-refractivity contribution < 1.29 is 19.4 Å². The Morgan fingerprint density at radius 3 is 2.93 bits per heavy atom. The van der Waals surface area contributed by atoms with E-state index in [0.29, 0.717) is 6.04 Å². The highest BCUT2D eigenvalue weighted by Crippen LogP contribution is 2.73. The molecule has 7 rings (SSSR count). The van der Waals surface area contributed by atoms with Gasteiger partial charge in [0.2, 0.25) is 7.28 Å². The molecule has 1 N–H and O–H groups in total. The first-order valence-corrected chi connectivity index (χ1v) is 10.9. The average molecular weight is 407 g/mol. The number of nitrogens with zero attached hydrogens (tertiary/aromatic N) is 2. The first-order valence-electron chi connectivity index (χ1n) is 10.9. The smallest absolute Gasteiger partial charge is 0.229 e. The maximum Gasteiger partial charge on any atom is 0.229 e. The Kier molecular flexibility index (Phi) is 3.52. The number of likely N-dealkylation sites (tertiary alicyclic amines) is 1. The van der Waals surface area contributed by atoms with Gasteiger partial charge in [-0.05, 0) is 44.5 Å². The second-order valence-electron chi connectivity index (χ2n) is 9.77. The van der Waals surface area contributed by atoms with E-state index in [9.17, 15) is 9.90 Å². The molecule has 4 bridgehead atoms. The summed E-state index contributed by atoms with van der Waals surface area (Å²) >= 11 is 0. The molecule has 2 heterocycles. The van der Waals surface area contributed by atoms with E-state index in [-0.39, 0.29) is 22.7 Å². The average Bonchev–Trinajstić information content (AvgIpc) is 3.12. The van der Waals surface area contributed by atoms with Crippen molar-refractivity contribution in [2.24, 2.45) is 5.41 Å². The van der Waals surface area contributed by atoms with Gasteiger partial charge in [-0.1, -0.05) is 25.0 Å². The van der Waals surface area contributed by atoms with Crippen LogP contribution in [0.15, 0.2) is 24.3 Å². The van der Waals surface area contributed by atoms with Crippen LogP contribution in [0, 0.1) is 5.41 Å². The quantitative estimate of drug-likeness (QED) is 0.612. The third kappa shape index (κ3) is 1.77. The molecule has 7 heteroatoms. The number of hydrogen-bond acceptors (Lipinski definition) is 5. The van der Waals surface area contributed by atoms with Gasteiger partial charge in [-0.25, -0.2) is 0 Å². The van der Waals surface area contributed by atoms with Crippen molar-refractivity contribution in [3.05, 3.63) is 35.4 Å². The molecule has 2 fully saturated rings. The number of rotatable bonds is 3. The molecule has 2 spiro atoms. The number of piperidine rings is 1. The SMILES string of the molecule is C[B]C(=O)N(C)C1C[C@@]23C=C[C@]1(O)C1Oc4c(OC)ccc5c4[C@@]12CCN(C)[C@@H]3C5. The maximum atomic E-state index is 12.6. The van der Waals surface area contributed by atoms with E-state index in [1.165, 1.54) is 11.1 Å². The van der Waals surface area contributed by atoms with Crippen molar-refractivity contribution in [3.63, 3.8) is 0 Å². The zero-order chi connectivity index (χ0) is 21.1. The van der Waals surface area contributed by atoms with Crippen LogP contribution in [0.1, 0.15) is 24.0 Å². The minimum absolute atomic E-state index is 0.0667. The third-order valence-electron chi connectivity index (χ3n) is 8.98. The van der Waals surface area contributed by atoms with E-state index in [0.717, 1.165) is 37.3 Å². The molecule has 0 aromatic heterocycles. The van der Waals surface area contributed by atoms with E-state index in [2.05, 4.69) is 24.1 Å². The second-order valence-corrected chi connectivity index (χ2v) is 9.77. The summed E-state index contributed by atoms with van der Waals surface area (Å²) in [5.41, 5.74) is 0.832. The van der Waals surface area contributed by atoms with Crippen molar-refractivity contribution >= 4 is 13.1 Å². The summed E-state index contributed by atoms with van der Waals surface area (Å²) in [7, 11) is 7.26. The van der Waals surface area contributed by atoms with Crippen LogP contribution < -0.4 is 9.47 Å². The van der Waals surface area contributed by atoms with Crippen LogP contribution in [0.5, 0.6) is 11.5 Å². The second kappa shape index (κ2) is 5.62. The fourth-order valence-corrected chi connectivity index (χ4v) is 7.68. The van der Waals surface area contributed by atoms with Crippen LogP contribution in [0.25, 0.3) is 0 Å². The Balaban J connectivity index is 1.63. The van der Waals surface area contributed by atoms with E-state index >= 15 is 0 Å². The summed E-state index contributed by atoms with van der Waals surface area (Å²) in [6, 6.07) is 4.15. The number of fused-ring (bicyclic) bond motifs is 1. The van der Waals surface area contributed by atoms with E-state index in [1.54, 1.807) is 33.2 Å². The van der Waals surface area contributed by atoms with Crippen molar-refractivity contribution in [2.75, 3.05) is 27.7 Å². The zero-order valence-corrected chi connectivity index (χ0v) is 18.0. The molecular formula is C23H28BN2O4. The molecule has 1 radical (unpaired) electrons. The highest BCUT2D eigenvalue weighted by molar-refractivity contribution is 6.72. The van der Waals surface area contributed by atoms with Crippen LogP contribution in [-0.4, -0.2) is 79.5 Å². The Labute approximate surface area is 178 Å². The lowest BCUT2D eigenvalue weighted by Crippen LogP contribution is -2.81. The lowest BCUT2D eigenvalue weighted by Gasteiger charge is -2.71. The maximum absolute atomic E-state index is 12.6. The fraction of sp³-hybridized carbons (Fsp3) is 0.609. The normalized spacial score (nSPS) is 41.8. The number of hydrogen-bond donors (Lipinski definition) is 1. The number of benzene rings is 1. The van der Waals surface area contributed by atoms with E-state index in [1.807, 2.05) is 12.1 Å². The van der Waals surface area contributed by atoms with E-state index in [4.69, 9.17) is 9.47 Å². The minimum Gasteiger partial charge on any atom is -0.493 e. The summed E-state index contributed by atoms with van der Waals surface area (Å²) in [5, 5.41) is 12.1. The van der Waals surface area contributed by atoms with Crippen molar-refractivity contribution in [1.82, 2.24) is 9.80 Å². The standard InChI is InChI=1S/C23H28BN2O4/c1-24-20(27)26(3)16-12-21-7-8-23(16,28)19-22(21)9-10-25(2)15(21)11-13-5-6-14(29-4)18(30-19)17(13)22/h5-8,15-16,19,28H,9-12H2,1-4H3/t15-,16?,19?,21-,22+,23-/m1/s1. The lowest BCUT2D eigenvalue weighted by atomic mass is 9.38. The monoisotopic (exact) mass is 407 g/mol. The van der Waals surface area contributed by atoms with Crippen LogP contribution in [-0.2, 0) is 11.8 Å². The molecule has 6 nitrogen and oxygen atoms in total. The van der Waals surface area contributed by atoms with Gasteiger partial charge in [0.25, 0.3) is 0 Å². The first kappa shape index (κ1) is 18.8. The molecule has 2 aliphatic heterocycles. The Morgan fingerprint density at radius 2 is 2.20 bits per heavy atom. The third-order valence-corrected chi connectivity index (χ3v) is 8.98. The summed E-state index contributed by atoms with van der Waals surface area (Å²) in [5.74, 6) is 1.46. The Morgan fingerprint density at radius 1 is 1.40 bits per heavy atom. The van der Waals surface area contributed by atoms with Crippen LogP contribution in [0.3, 0.4) is 0 Å². The summed E-state index contributed by atoms with van der Waals surface area (Å²) < 4.78 is 12.3. The highest BCUT2D eigenvalue weighted by Gasteiger charge is 2.79. The molecule has 1 saturated heterocycles. The molecule has 157 valence electrons. The van der Waals surface area contributed by atoms with Gasteiger partial charge in [0.05, 0.1) is 18.6 Å². The fourth-order valence-electron chi connectivity index (χ4n) is 7.68. The number of methoxy groups -OCH3 is 1. The van der Waals surface area contributed by atoms with Gasteiger partial charge in [0, 0.05) is 24.1 Å². The van der Waals surface area contributed by atoms with Crippen LogP contribution in [0.2, 0.25) is 6.82 Å². The van der Waals surface area contributed by atoms with Crippen LogP contribution >= 0.6 is 0 Å². The largest absolute Gasteiger partial charge is 0.493 e. The molecular weight excluding hydrogens is 379 g/mol. The van der Waals surface area contributed by atoms with Gasteiger partial charge in [0.15, 0.2) is 17.3 Å². The predicted octanol–water partition coefficient (Wildman–Crippen LogP) is 1.82. The van der Waals surface area contributed by atoms with Gasteiger partial charge >= 0.3 is 0 Å². The lowest BCUT2D eigenvalue weighted by molar-refractivity contribution is -0.200. The van der Waals surface area contributed by atoms with E-state index < -0.39 is 11.7 Å². The number of amides is 1. The van der Waals surface area contributed by atoms with Crippen LogP contribution in [0.4, 0.5) is 4.79 Å². The summed E-state index contributed by atoms with van der Waals surface area (Å²) in [6.45, 7) is 2.72. The summed E-state index contributed by atoms with van der Waals surface area (Å²) in [6.07, 6.45) is 6.39. The highest BCUT2D eigenvalue weighted by atomic mass is 16.5. The van der Waals surface area contributed by atoms with Crippen molar-refractivity contribution in [1.29, 1.82) is 0 Å². The van der Waals surface area contributed by atoms with Gasteiger partial charge in [-0.15, -0.1) is 0 Å². The molecule has 4 aliphatic carbocycles. The Bertz CT molecular complexity index is 998. The van der Waals surface area contributed by atoms with Gasteiger partial charge in [-0.3, -0.25) is 4.79 Å². The molecule has 2 unspecified atom stereocenters. The summed E-state index contributed by atoms with van der Waals surface area (Å²) in [4.78, 5) is 16.8. The number of carbonyl (C=O) groups excluding carboxylic acids is 1. The van der Waals surface area contributed by atoms with Gasteiger partial charge in [-0.2, -0.15) is 0 Å². The minimum atomic E-state index is -1.24. The Hall–Kier alpha value is -1.99. The molecule has 1 saturated carbocycles. The number of likely N-dealkylation sites (N-methyl/N-ethyl adjacent to an activating group) is 2. The number of ether oxygens (including phenoxy) is 2. The first-order chi connectivity index (χ1) is 14.3. The number of carbonyl (C=O) groups is 1. The molecule has 6 atom stereocenters. The van der Waals surface area contributed by atoms with Crippen molar-refractivity contribution in [2.45, 2.75) is 55.3 Å². The molecule has 1 aromatic rings. The molecule has 30 heavy (non-hydrogen) atoms. The predicted molar refractivity (Wildman–Crippen MR) is 114 cm³/mol.